The van der Waals surface area contributed by atoms with Crippen LogP contribution in [-0.2, 0) is 6.54 Å². The second-order valence-corrected chi connectivity index (χ2v) is 5.53. The summed E-state index contributed by atoms with van der Waals surface area (Å²) < 4.78 is 0.702. The number of halogens is 1. The normalized spacial score (nSPS) is 11.8. The molecule has 0 spiro atoms. The summed E-state index contributed by atoms with van der Waals surface area (Å²) in [5.41, 5.74) is 0.713. The fraction of sp³-hybridized carbons (Fsp3) is 0.500. The molecule has 3 nitrogen and oxygen atoms in total. The molecule has 3 N–H and O–H groups in total. The molecule has 0 radical (unpaired) electrons. The molecule has 0 atom stereocenters. The molecule has 0 amide bonds. The number of phenolic OH excluding ortho intramolecular Hbond substituents is 1. The van der Waals surface area contributed by atoms with Crippen molar-refractivity contribution < 1.29 is 10.2 Å². The smallest absolute Gasteiger partial charge is 0.134 e. The van der Waals surface area contributed by atoms with E-state index in [9.17, 15) is 5.11 Å². The van der Waals surface area contributed by atoms with Gasteiger partial charge in [0.05, 0.1) is 4.47 Å². The van der Waals surface area contributed by atoms with Gasteiger partial charge in [0, 0.05) is 30.7 Å². The minimum Gasteiger partial charge on any atom is -0.506 e. The molecule has 0 fully saturated rings. The van der Waals surface area contributed by atoms with Crippen molar-refractivity contribution in [3.8, 4) is 5.75 Å². The predicted octanol–water partition coefficient (Wildman–Crippen LogP) is 2.26. The highest BCUT2D eigenvalue weighted by Gasteiger charge is 2.15. The zero-order valence-electron chi connectivity index (χ0n) is 9.63. The Morgan fingerprint density at radius 3 is 2.69 bits per heavy atom. The third-order valence-electron chi connectivity index (χ3n) is 2.42. The molecule has 0 aliphatic carbocycles. The Labute approximate surface area is 105 Å². The van der Waals surface area contributed by atoms with Gasteiger partial charge in [-0.05, 0) is 22.0 Å². The first-order valence-corrected chi connectivity index (χ1v) is 6.03. The molecule has 1 aromatic rings. The van der Waals surface area contributed by atoms with E-state index in [0.29, 0.717) is 17.6 Å². The molecule has 0 heterocycles. The number of aliphatic hydroxyl groups excluding tert-OH is 1. The fourth-order valence-electron chi connectivity index (χ4n) is 1.29. The number of rotatable bonds is 5. The van der Waals surface area contributed by atoms with Gasteiger partial charge in [-0.2, -0.15) is 0 Å². The first-order valence-electron chi connectivity index (χ1n) is 5.24. The molecule has 0 saturated carbocycles. The number of aliphatic hydroxyl groups is 1. The first kappa shape index (κ1) is 13.5. The largest absolute Gasteiger partial charge is 0.506 e. The van der Waals surface area contributed by atoms with Crippen LogP contribution >= 0.6 is 15.9 Å². The van der Waals surface area contributed by atoms with Gasteiger partial charge in [-0.3, -0.25) is 0 Å². The molecular formula is C12H18BrNO2. The molecule has 0 saturated heterocycles. The van der Waals surface area contributed by atoms with E-state index in [1.54, 1.807) is 6.07 Å². The molecule has 0 bridgehead atoms. The van der Waals surface area contributed by atoms with E-state index < -0.39 is 0 Å². The molecule has 0 aliphatic rings. The SMILES string of the molecule is CC(C)(CO)CNCc1cccc(Br)c1O. The number of hydrogen-bond acceptors (Lipinski definition) is 3. The van der Waals surface area contributed by atoms with Crippen LogP contribution < -0.4 is 5.32 Å². The van der Waals surface area contributed by atoms with Crippen molar-refractivity contribution in [1.29, 1.82) is 0 Å². The summed E-state index contributed by atoms with van der Waals surface area (Å²) in [6.07, 6.45) is 0. The van der Waals surface area contributed by atoms with Crippen molar-refractivity contribution in [2.24, 2.45) is 5.41 Å². The van der Waals surface area contributed by atoms with Crippen LogP contribution in [0.15, 0.2) is 22.7 Å². The van der Waals surface area contributed by atoms with Crippen LogP contribution in [0.5, 0.6) is 5.75 Å². The van der Waals surface area contributed by atoms with E-state index in [2.05, 4.69) is 21.2 Å². The zero-order valence-corrected chi connectivity index (χ0v) is 11.2. The molecule has 4 heteroatoms. The van der Waals surface area contributed by atoms with Gasteiger partial charge in [0.25, 0.3) is 0 Å². The summed E-state index contributed by atoms with van der Waals surface area (Å²) in [7, 11) is 0. The van der Waals surface area contributed by atoms with Gasteiger partial charge in [-0.15, -0.1) is 0 Å². The van der Waals surface area contributed by atoms with Gasteiger partial charge < -0.3 is 15.5 Å². The van der Waals surface area contributed by atoms with E-state index in [1.807, 2.05) is 26.0 Å². The minimum atomic E-state index is -0.137. The molecular weight excluding hydrogens is 270 g/mol. The van der Waals surface area contributed by atoms with Gasteiger partial charge in [0.15, 0.2) is 0 Å². The zero-order chi connectivity index (χ0) is 12.2. The number of benzene rings is 1. The highest BCUT2D eigenvalue weighted by atomic mass is 79.9. The molecule has 90 valence electrons. The van der Waals surface area contributed by atoms with Crippen molar-refractivity contribution in [3.63, 3.8) is 0 Å². The Hall–Kier alpha value is -0.580. The van der Waals surface area contributed by atoms with Crippen molar-refractivity contribution in [2.75, 3.05) is 13.2 Å². The Kier molecular flexibility index (Phi) is 4.77. The topological polar surface area (TPSA) is 52.5 Å². The van der Waals surface area contributed by atoms with Crippen molar-refractivity contribution in [2.45, 2.75) is 20.4 Å². The molecule has 1 aromatic carbocycles. The van der Waals surface area contributed by atoms with Crippen LogP contribution in [-0.4, -0.2) is 23.4 Å². The number of para-hydroxylation sites is 1. The summed E-state index contributed by atoms with van der Waals surface area (Å²) in [5.74, 6) is 0.275. The number of aromatic hydroxyl groups is 1. The van der Waals surface area contributed by atoms with Crippen LogP contribution in [0, 0.1) is 5.41 Å². The quantitative estimate of drug-likeness (QED) is 0.779. The first-order chi connectivity index (χ1) is 7.46. The van der Waals surface area contributed by atoms with Crippen LogP contribution in [0.2, 0.25) is 0 Å². The number of nitrogens with one attached hydrogen (secondary N) is 1. The third-order valence-corrected chi connectivity index (χ3v) is 3.06. The maximum atomic E-state index is 9.75. The summed E-state index contributed by atoms with van der Waals surface area (Å²) in [6.45, 7) is 5.41. The van der Waals surface area contributed by atoms with E-state index in [0.717, 1.165) is 5.56 Å². The van der Waals surface area contributed by atoms with E-state index >= 15 is 0 Å². The van der Waals surface area contributed by atoms with Crippen LogP contribution in [0.4, 0.5) is 0 Å². The lowest BCUT2D eigenvalue weighted by Crippen LogP contribution is -2.31. The lowest BCUT2D eigenvalue weighted by molar-refractivity contribution is 0.156. The van der Waals surface area contributed by atoms with Crippen molar-refractivity contribution in [3.05, 3.63) is 28.2 Å². The second-order valence-electron chi connectivity index (χ2n) is 4.67. The lowest BCUT2D eigenvalue weighted by Gasteiger charge is -2.22. The maximum Gasteiger partial charge on any atom is 0.134 e. The summed E-state index contributed by atoms with van der Waals surface area (Å²) >= 11 is 3.27. The molecule has 0 aromatic heterocycles. The number of hydrogen-bond donors (Lipinski definition) is 3. The highest BCUT2D eigenvalue weighted by molar-refractivity contribution is 9.10. The van der Waals surface area contributed by atoms with Crippen LogP contribution in [0.25, 0.3) is 0 Å². The Bertz CT molecular complexity index is 353. The Morgan fingerprint density at radius 1 is 1.38 bits per heavy atom. The fourth-order valence-corrected chi connectivity index (χ4v) is 1.70. The van der Waals surface area contributed by atoms with Crippen molar-refractivity contribution >= 4 is 15.9 Å². The van der Waals surface area contributed by atoms with E-state index in [-0.39, 0.29) is 17.8 Å². The van der Waals surface area contributed by atoms with Gasteiger partial charge >= 0.3 is 0 Å². The summed E-state index contributed by atoms with van der Waals surface area (Å²) in [4.78, 5) is 0. The monoisotopic (exact) mass is 287 g/mol. The van der Waals surface area contributed by atoms with Crippen molar-refractivity contribution in [1.82, 2.24) is 5.32 Å². The maximum absolute atomic E-state index is 9.75. The van der Waals surface area contributed by atoms with Crippen LogP contribution in [0.3, 0.4) is 0 Å². The highest BCUT2D eigenvalue weighted by Crippen LogP contribution is 2.27. The minimum absolute atomic E-state index is 0.137. The average molecular weight is 288 g/mol. The molecule has 0 aliphatic heterocycles. The summed E-state index contributed by atoms with van der Waals surface area (Å²) in [5, 5.41) is 22.1. The molecule has 16 heavy (non-hydrogen) atoms. The third kappa shape index (κ3) is 3.77. The van der Waals surface area contributed by atoms with E-state index in [4.69, 9.17) is 5.11 Å². The van der Waals surface area contributed by atoms with Gasteiger partial charge in [0.1, 0.15) is 5.75 Å². The van der Waals surface area contributed by atoms with Gasteiger partial charge in [-0.25, -0.2) is 0 Å². The second kappa shape index (κ2) is 5.66. The lowest BCUT2D eigenvalue weighted by atomic mass is 9.95. The average Bonchev–Trinajstić information content (AvgIpc) is 2.24. The summed E-state index contributed by atoms with van der Waals surface area (Å²) in [6, 6.07) is 5.56. The molecule has 0 unspecified atom stereocenters. The van der Waals surface area contributed by atoms with Gasteiger partial charge in [-0.1, -0.05) is 26.0 Å². The number of phenols is 1. The van der Waals surface area contributed by atoms with Crippen LogP contribution in [0.1, 0.15) is 19.4 Å². The van der Waals surface area contributed by atoms with Gasteiger partial charge in [0.2, 0.25) is 0 Å². The van der Waals surface area contributed by atoms with E-state index in [1.165, 1.54) is 0 Å². The Morgan fingerprint density at radius 2 is 2.06 bits per heavy atom. The predicted molar refractivity (Wildman–Crippen MR) is 68.4 cm³/mol. The molecule has 1 rings (SSSR count). The Balaban J connectivity index is 2.53. The standard InChI is InChI=1S/C12H18BrNO2/c1-12(2,8-15)7-14-6-9-4-3-5-10(13)11(9)16/h3-5,14-16H,6-8H2,1-2H3.